The molecule has 0 radical (unpaired) electrons. The number of fused-ring (bicyclic) bond motifs is 1. The molecule has 1 saturated heterocycles. The lowest BCUT2D eigenvalue weighted by Gasteiger charge is -2.61. The molecule has 0 unspecified atom stereocenters. The highest BCUT2D eigenvalue weighted by molar-refractivity contribution is 5.90. The van der Waals surface area contributed by atoms with Crippen LogP contribution in [0.25, 0.3) is 0 Å². The lowest BCUT2D eigenvalue weighted by atomic mass is 9.62. The maximum absolute atomic E-state index is 13.1. The van der Waals surface area contributed by atoms with Gasteiger partial charge in [0.2, 0.25) is 0 Å². The van der Waals surface area contributed by atoms with Crippen LogP contribution < -0.4 is 5.32 Å². The van der Waals surface area contributed by atoms with Crippen molar-refractivity contribution in [1.29, 1.82) is 0 Å². The highest BCUT2D eigenvalue weighted by Gasteiger charge is 2.57. The minimum absolute atomic E-state index is 0.0517. The van der Waals surface area contributed by atoms with E-state index in [-0.39, 0.29) is 17.0 Å². The summed E-state index contributed by atoms with van der Waals surface area (Å²) in [5, 5.41) is 3.01. The van der Waals surface area contributed by atoms with E-state index in [4.69, 9.17) is 0 Å². The lowest BCUT2D eigenvalue weighted by molar-refractivity contribution is -0.0756. The molecule has 2 fully saturated rings. The molecule has 2 atom stereocenters. The number of likely N-dealkylation sites (tertiary alicyclic amines) is 1. The summed E-state index contributed by atoms with van der Waals surface area (Å²) >= 11 is 0. The third-order valence-corrected chi connectivity index (χ3v) is 6.01. The normalized spacial score (nSPS) is 24.7. The van der Waals surface area contributed by atoms with Crippen molar-refractivity contribution < 1.29 is 4.79 Å². The summed E-state index contributed by atoms with van der Waals surface area (Å²) in [6.45, 7) is 7.05. The van der Waals surface area contributed by atoms with Gasteiger partial charge in [0, 0.05) is 17.9 Å². The summed E-state index contributed by atoms with van der Waals surface area (Å²) < 4.78 is 0. The highest BCUT2D eigenvalue weighted by atomic mass is 16.2. The van der Waals surface area contributed by atoms with Crippen molar-refractivity contribution in [2.45, 2.75) is 57.4 Å². The quantitative estimate of drug-likeness (QED) is 0.840. The van der Waals surface area contributed by atoms with Crippen molar-refractivity contribution in [1.82, 2.24) is 14.9 Å². The average Bonchev–Trinajstić information content (AvgIpc) is 2.63. The second-order valence-corrected chi connectivity index (χ2v) is 8.82. The Kier molecular flexibility index (Phi) is 4.41. The van der Waals surface area contributed by atoms with Gasteiger partial charge < -0.3 is 10.2 Å². The second-order valence-electron chi connectivity index (χ2n) is 8.82. The Morgan fingerprint density at radius 3 is 2.48 bits per heavy atom. The first kappa shape index (κ1) is 18.0. The van der Waals surface area contributed by atoms with Crippen LogP contribution in [-0.4, -0.2) is 27.4 Å². The van der Waals surface area contributed by atoms with E-state index < -0.39 is 0 Å². The van der Waals surface area contributed by atoms with Gasteiger partial charge in [-0.2, -0.15) is 0 Å². The van der Waals surface area contributed by atoms with Crippen molar-refractivity contribution in [3.63, 3.8) is 0 Å². The fraction of sp³-hybridized carbons (Fsp3) is 0.500. The molecule has 2 aromatic rings. The number of urea groups is 1. The maximum Gasteiger partial charge on any atom is 0.322 e. The lowest BCUT2D eigenvalue weighted by Crippen LogP contribution is -2.68. The Morgan fingerprint density at radius 1 is 1.15 bits per heavy atom. The Morgan fingerprint density at radius 2 is 1.85 bits per heavy atom. The van der Waals surface area contributed by atoms with Crippen molar-refractivity contribution in [2.75, 3.05) is 11.9 Å². The van der Waals surface area contributed by atoms with Crippen LogP contribution in [0, 0.1) is 5.92 Å². The van der Waals surface area contributed by atoms with E-state index in [1.165, 1.54) is 24.8 Å². The summed E-state index contributed by atoms with van der Waals surface area (Å²) in [4.78, 5) is 23.9. The zero-order valence-corrected chi connectivity index (χ0v) is 16.4. The third kappa shape index (κ3) is 3.09. The second kappa shape index (κ2) is 6.63. The van der Waals surface area contributed by atoms with Gasteiger partial charge in [-0.05, 0) is 18.4 Å². The van der Waals surface area contributed by atoms with Crippen LogP contribution in [0.5, 0.6) is 0 Å². The van der Waals surface area contributed by atoms with E-state index in [9.17, 15) is 4.79 Å². The van der Waals surface area contributed by atoms with Crippen molar-refractivity contribution >= 4 is 11.7 Å². The molecular weight excluding hydrogens is 336 g/mol. The van der Waals surface area contributed by atoms with E-state index in [2.05, 4.69) is 60.3 Å². The molecule has 2 aliphatic rings. The molecule has 27 heavy (non-hydrogen) atoms. The van der Waals surface area contributed by atoms with Crippen LogP contribution >= 0.6 is 0 Å². The number of hydrogen-bond acceptors (Lipinski definition) is 3. The van der Waals surface area contributed by atoms with Gasteiger partial charge in [0.05, 0.1) is 23.6 Å². The van der Waals surface area contributed by atoms with Gasteiger partial charge >= 0.3 is 6.03 Å². The van der Waals surface area contributed by atoms with E-state index in [0.717, 1.165) is 18.8 Å². The van der Waals surface area contributed by atoms with E-state index in [1.54, 1.807) is 12.4 Å². The predicted molar refractivity (Wildman–Crippen MR) is 107 cm³/mol. The monoisotopic (exact) mass is 364 g/mol. The van der Waals surface area contributed by atoms with Crippen LogP contribution in [0.15, 0.2) is 42.7 Å². The average molecular weight is 364 g/mol. The minimum Gasteiger partial charge on any atom is -0.314 e. The molecule has 1 N–H and O–H groups in total. The number of amides is 2. The molecule has 5 nitrogen and oxygen atoms in total. The van der Waals surface area contributed by atoms with Crippen LogP contribution in [0.1, 0.15) is 57.8 Å². The molecule has 0 spiro atoms. The largest absolute Gasteiger partial charge is 0.322 e. The van der Waals surface area contributed by atoms with Crippen molar-refractivity contribution in [3.05, 3.63) is 54.1 Å². The highest BCUT2D eigenvalue weighted by Crippen LogP contribution is 2.53. The smallest absolute Gasteiger partial charge is 0.314 e. The van der Waals surface area contributed by atoms with Gasteiger partial charge in [-0.1, -0.05) is 63.9 Å². The fourth-order valence-corrected chi connectivity index (χ4v) is 4.59. The van der Waals surface area contributed by atoms with Gasteiger partial charge in [-0.3, -0.25) is 0 Å². The Bertz CT molecular complexity index is 812. The molecule has 0 bridgehead atoms. The summed E-state index contributed by atoms with van der Waals surface area (Å²) in [6.07, 6.45) is 8.07. The van der Waals surface area contributed by atoms with Gasteiger partial charge in [0.25, 0.3) is 0 Å². The minimum atomic E-state index is -0.157. The van der Waals surface area contributed by atoms with E-state index in [0.29, 0.717) is 11.6 Å². The number of benzene rings is 1. The number of carbonyl (C=O) groups excluding carboxylic acids is 1. The van der Waals surface area contributed by atoms with Crippen LogP contribution in [0.4, 0.5) is 10.5 Å². The number of nitrogens with zero attached hydrogens (tertiary/aromatic N) is 3. The molecule has 1 saturated carbocycles. The van der Waals surface area contributed by atoms with E-state index in [1.807, 2.05) is 11.0 Å². The molecule has 2 amide bonds. The first-order valence-electron chi connectivity index (χ1n) is 9.88. The third-order valence-electron chi connectivity index (χ3n) is 6.01. The Labute approximate surface area is 161 Å². The molecule has 1 aromatic heterocycles. The number of rotatable bonds is 2. The van der Waals surface area contributed by atoms with Crippen LogP contribution in [0.3, 0.4) is 0 Å². The number of anilines is 1. The van der Waals surface area contributed by atoms with Gasteiger partial charge in [0.1, 0.15) is 5.82 Å². The Balaban J connectivity index is 1.55. The van der Waals surface area contributed by atoms with E-state index >= 15 is 0 Å². The molecule has 1 aromatic carbocycles. The summed E-state index contributed by atoms with van der Waals surface area (Å²) in [5.41, 5.74) is 1.65. The first-order valence-corrected chi connectivity index (χ1v) is 9.88. The molecule has 1 aliphatic carbocycles. The molecule has 4 rings (SSSR count). The molecule has 5 heteroatoms. The molecule has 142 valence electrons. The van der Waals surface area contributed by atoms with Gasteiger partial charge in [-0.25, -0.2) is 14.8 Å². The van der Waals surface area contributed by atoms with Crippen LogP contribution in [-0.2, 0) is 11.0 Å². The van der Waals surface area contributed by atoms with Gasteiger partial charge in [0.15, 0.2) is 0 Å². The molecular formula is C22H28N4O. The standard InChI is InChI=1S/C22H28N4O/c1-21(2,3)19-23-13-18(14-24-19)25-20(27)26-15-17-11-7-8-12-22(17,26)16-9-5-4-6-10-16/h4-6,9-10,13-14,17H,7-8,11-12,15H2,1-3H3,(H,25,27)/t17-,22-/m0/s1. The number of nitrogens with one attached hydrogen (secondary N) is 1. The zero-order chi connectivity index (χ0) is 19.1. The van der Waals surface area contributed by atoms with Crippen LogP contribution in [0.2, 0.25) is 0 Å². The number of aromatic nitrogens is 2. The SMILES string of the molecule is CC(C)(C)c1ncc(NC(=O)N2C[C@@H]3CCCC[C@]32c2ccccc2)cn1. The summed E-state index contributed by atoms with van der Waals surface area (Å²) in [5.74, 6) is 1.33. The first-order chi connectivity index (χ1) is 12.9. The summed E-state index contributed by atoms with van der Waals surface area (Å²) in [6, 6.07) is 10.5. The molecule has 2 heterocycles. The number of hydrogen-bond donors (Lipinski definition) is 1. The fourth-order valence-electron chi connectivity index (χ4n) is 4.59. The topological polar surface area (TPSA) is 58.1 Å². The maximum atomic E-state index is 13.1. The predicted octanol–water partition coefficient (Wildman–Crippen LogP) is 4.71. The van der Waals surface area contributed by atoms with Gasteiger partial charge in [-0.15, -0.1) is 0 Å². The van der Waals surface area contributed by atoms with Crippen molar-refractivity contribution in [3.8, 4) is 0 Å². The molecule has 1 aliphatic heterocycles. The van der Waals surface area contributed by atoms with Crippen molar-refractivity contribution in [2.24, 2.45) is 5.92 Å². The number of carbonyl (C=O) groups is 1. The summed E-state index contributed by atoms with van der Waals surface area (Å²) in [7, 11) is 0. The zero-order valence-electron chi connectivity index (χ0n) is 16.4. The Hall–Kier alpha value is -2.43.